The molecule has 1 rings (SSSR count). The van der Waals surface area contributed by atoms with Crippen LogP contribution in [0.4, 0.5) is 13.2 Å². The average molecular weight is 262 g/mol. The van der Waals surface area contributed by atoms with Gasteiger partial charge < -0.3 is 9.84 Å². The molecule has 0 aliphatic heterocycles. The highest BCUT2D eigenvalue weighted by Gasteiger charge is 2.31. The molecule has 0 aliphatic carbocycles. The molecule has 0 unspecified atom stereocenters. The first-order valence-electron chi connectivity index (χ1n) is 5.85. The van der Waals surface area contributed by atoms with Crippen molar-refractivity contribution in [3.8, 4) is 5.75 Å². The Balaban J connectivity index is 2.71. The van der Waals surface area contributed by atoms with Crippen molar-refractivity contribution in [1.29, 1.82) is 0 Å². The lowest BCUT2D eigenvalue weighted by atomic mass is 9.89. The van der Waals surface area contributed by atoms with E-state index >= 15 is 0 Å². The molecule has 18 heavy (non-hydrogen) atoms. The molecule has 0 saturated heterocycles. The van der Waals surface area contributed by atoms with Gasteiger partial charge in [0.25, 0.3) is 0 Å². The molecule has 102 valence electrons. The van der Waals surface area contributed by atoms with Crippen LogP contribution in [0.1, 0.15) is 32.3 Å². The molecule has 1 N–H and O–H groups in total. The van der Waals surface area contributed by atoms with Gasteiger partial charge in [0.15, 0.2) is 0 Å². The van der Waals surface area contributed by atoms with Crippen LogP contribution in [0, 0.1) is 0 Å². The zero-order valence-corrected chi connectivity index (χ0v) is 10.4. The van der Waals surface area contributed by atoms with Crippen LogP contribution in [0.15, 0.2) is 24.3 Å². The fourth-order valence-corrected chi connectivity index (χ4v) is 1.69. The van der Waals surface area contributed by atoms with Crippen LogP contribution in [0.2, 0.25) is 0 Å². The predicted molar refractivity (Wildman–Crippen MR) is 62.4 cm³/mol. The number of rotatable bonds is 5. The Morgan fingerprint density at radius 1 is 1.06 bits per heavy atom. The number of halogens is 3. The maximum absolute atomic E-state index is 12.0. The van der Waals surface area contributed by atoms with Gasteiger partial charge >= 0.3 is 6.36 Å². The minimum absolute atomic E-state index is 0.247. The van der Waals surface area contributed by atoms with E-state index < -0.39 is 12.0 Å². The van der Waals surface area contributed by atoms with Crippen molar-refractivity contribution >= 4 is 0 Å². The first-order chi connectivity index (χ1) is 8.28. The van der Waals surface area contributed by atoms with Crippen molar-refractivity contribution in [3.63, 3.8) is 0 Å². The van der Waals surface area contributed by atoms with Crippen LogP contribution in [-0.2, 0) is 6.42 Å². The first-order valence-corrected chi connectivity index (χ1v) is 5.85. The van der Waals surface area contributed by atoms with Gasteiger partial charge in [-0.3, -0.25) is 0 Å². The highest BCUT2D eigenvalue weighted by molar-refractivity contribution is 5.28. The normalized spacial score (nSPS) is 12.6. The van der Waals surface area contributed by atoms with Crippen LogP contribution in [0.25, 0.3) is 0 Å². The van der Waals surface area contributed by atoms with Crippen molar-refractivity contribution in [1.82, 2.24) is 0 Å². The van der Waals surface area contributed by atoms with Crippen LogP contribution in [0.5, 0.6) is 5.75 Å². The van der Waals surface area contributed by atoms with E-state index in [-0.39, 0.29) is 5.75 Å². The van der Waals surface area contributed by atoms with Gasteiger partial charge in [0.05, 0.1) is 5.60 Å². The maximum atomic E-state index is 12.0. The summed E-state index contributed by atoms with van der Waals surface area (Å²) in [6, 6.07) is 5.60. The summed E-state index contributed by atoms with van der Waals surface area (Å²) in [6.45, 7) is 3.76. The zero-order chi connectivity index (χ0) is 13.8. The van der Waals surface area contributed by atoms with E-state index in [0.29, 0.717) is 19.3 Å². The number of alkyl halides is 3. The fourth-order valence-electron chi connectivity index (χ4n) is 1.69. The predicted octanol–water partition coefficient (Wildman–Crippen LogP) is 3.68. The van der Waals surface area contributed by atoms with Gasteiger partial charge in [0.2, 0.25) is 0 Å². The van der Waals surface area contributed by atoms with E-state index in [9.17, 15) is 18.3 Å². The standard InChI is InChI=1S/C13H17F3O2/c1-3-12(17,4-2)9-10-5-7-11(8-6-10)18-13(14,15)16/h5-8,17H,3-4,9H2,1-2H3. The summed E-state index contributed by atoms with van der Waals surface area (Å²) in [5, 5.41) is 10.1. The van der Waals surface area contributed by atoms with E-state index in [4.69, 9.17) is 0 Å². The summed E-state index contributed by atoms with van der Waals surface area (Å²) in [5.41, 5.74) is -0.0115. The summed E-state index contributed by atoms with van der Waals surface area (Å²) in [5.74, 6) is -0.247. The second-order valence-corrected chi connectivity index (χ2v) is 4.30. The Hall–Kier alpha value is -1.23. The molecule has 0 fully saturated rings. The molecule has 0 spiro atoms. The molecule has 0 amide bonds. The summed E-state index contributed by atoms with van der Waals surface area (Å²) in [6.07, 6.45) is -3.05. The molecule has 1 aromatic rings. The maximum Gasteiger partial charge on any atom is 0.573 e. The van der Waals surface area contributed by atoms with Gasteiger partial charge in [0, 0.05) is 6.42 Å². The fraction of sp³-hybridized carbons (Fsp3) is 0.538. The van der Waals surface area contributed by atoms with Crippen LogP contribution < -0.4 is 4.74 Å². The molecule has 5 heteroatoms. The third-order valence-electron chi connectivity index (χ3n) is 3.01. The molecule has 0 heterocycles. The molecule has 0 aliphatic rings. The van der Waals surface area contributed by atoms with E-state index in [1.165, 1.54) is 24.3 Å². The topological polar surface area (TPSA) is 29.5 Å². The molecule has 0 saturated carbocycles. The third-order valence-corrected chi connectivity index (χ3v) is 3.01. The third kappa shape index (κ3) is 4.56. The molecule has 2 nitrogen and oxygen atoms in total. The summed E-state index contributed by atoms with van der Waals surface area (Å²) in [7, 11) is 0. The quantitative estimate of drug-likeness (QED) is 0.877. The lowest BCUT2D eigenvalue weighted by molar-refractivity contribution is -0.274. The van der Waals surface area contributed by atoms with Crippen LogP contribution in [0.3, 0.4) is 0 Å². The van der Waals surface area contributed by atoms with Gasteiger partial charge in [-0.05, 0) is 30.5 Å². The molecule has 1 aromatic carbocycles. The lowest BCUT2D eigenvalue weighted by Gasteiger charge is -2.25. The molecule has 0 radical (unpaired) electrons. The SMILES string of the molecule is CCC(O)(CC)Cc1ccc(OC(F)(F)F)cc1. The zero-order valence-electron chi connectivity index (χ0n) is 10.4. The smallest absolute Gasteiger partial charge is 0.406 e. The average Bonchev–Trinajstić information content (AvgIpc) is 2.30. The number of benzene rings is 1. The van der Waals surface area contributed by atoms with Gasteiger partial charge in [0.1, 0.15) is 5.75 Å². The highest BCUT2D eigenvalue weighted by atomic mass is 19.4. The number of hydrogen-bond donors (Lipinski definition) is 1. The monoisotopic (exact) mass is 262 g/mol. The molecular weight excluding hydrogens is 245 g/mol. The second kappa shape index (κ2) is 5.61. The highest BCUT2D eigenvalue weighted by Crippen LogP contribution is 2.25. The molecule has 0 atom stereocenters. The van der Waals surface area contributed by atoms with E-state index in [1.807, 2.05) is 13.8 Å². The van der Waals surface area contributed by atoms with Gasteiger partial charge in [-0.15, -0.1) is 13.2 Å². The summed E-state index contributed by atoms with van der Waals surface area (Å²) >= 11 is 0. The molecular formula is C13H17F3O2. The Bertz CT molecular complexity index is 367. The second-order valence-electron chi connectivity index (χ2n) is 4.30. The Morgan fingerprint density at radius 3 is 1.94 bits per heavy atom. The minimum atomic E-state index is -4.67. The summed E-state index contributed by atoms with van der Waals surface area (Å²) < 4.78 is 39.7. The van der Waals surface area contributed by atoms with Crippen LogP contribution >= 0.6 is 0 Å². The van der Waals surface area contributed by atoms with Gasteiger partial charge in [-0.25, -0.2) is 0 Å². The Labute approximate surface area is 104 Å². The van der Waals surface area contributed by atoms with Crippen molar-refractivity contribution in [3.05, 3.63) is 29.8 Å². The molecule has 0 aromatic heterocycles. The molecule has 0 bridgehead atoms. The van der Waals surface area contributed by atoms with Gasteiger partial charge in [-0.2, -0.15) is 0 Å². The Morgan fingerprint density at radius 2 is 1.56 bits per heavy atom. The number of ether oxygens (including phenoxy) is 1. The number of hydrogen-bond acceptors (Lipinski definition) is 2. The van der Waals surface area contributed by atoms with E-state index in [1.54, 1.807) is 0 Å². The van der Waals surface area contributed by atoms with Crippen molar-refractivity contribution in [2.45, 2.75) is 45.1 Å². The minimum Gasteiger partial charge on any atom is -0.406 e. The van der Waals surface area contributed by atoms with Crippen molar-refractivity contribution < 1.29 is 23.0 Å². The van der Waals surface area contributed by atoms with E-state index in [0.717, 1.165) is 5.56 Å². The number of aliphatic hydroxyl groups is 1. The van der Waals surface area contributed by atoms with E-state index in [2.05, 4.69) is 4.74 Å². The first kappa shape index (κ1) is 14.8. The van der Waals surface area contributed by atoms with Gasteiger partial charge in [-0.1, -0.05) is 26.0 Å². The van der Waals surface area contributed by atoms with Crippen LogP contribution in [-0.4, -0.2) is 17.1 Å². The summed E-state index contributed by atoms with van der Waals surface area (Å²) in [4.78, 5) is 0. The van der Waals surface area contributed by atoms with Crippen molar-refractivity contribution in [2.24, 2.45) is 0 Å². The Kier molecular flexibility index (Phi) is 4.62. The lowest BCUT2D eigenvalue weighted by Crippen LogP contribution is -2.29. The van der Waals surface area contributed by atoms with Crippen molar-refractivity contribution in [2.75, 3.05) is 0 Å². The largest absolute Gasteiger partial charge is 0.573 e.